The second kappa shape index (κ2) is 7.16. The third kappa shape index (κ3) is 4.08. The van der Waals surface area contributed by atoms with Crippen LogP contribution >= 0.6 is 11.3 Å². The standard InChI is InChI=1S/C22H29N3O2S/c1-21(2)8-17-9-22(3,13-21)14-25(17)11-16-4-5-18(20(27)24-16)19(26)23-10-15-6-7-28-12-15/h4-7,12,17H,8-11,13-14H2,1-3H3,(H,23,26)(H,24,27). The van der Waals surface area contributed by atoms with Crippen LogP contribution in [0.2, 0.25) is 0 Å². The van der Waals surface area contributed by atoms with Crippen LogP contribution in [0.5, 0.6) is 0 Å². The molecule has 2 bridgehead atoms. The number of hydrogen-bond acceptors (Lipinski definition) is 4. The second-order valence-corrected chi connectivity index (χ2v) is 10.4. The molecule has 2 fully saturated rings. The molecule has 1 amide bonds. The van der Waals surface area contributed by atoms with Gasteiger partial charge in [0, 0.05) is 31.4 Å². The number of rotatable bonds is 5. The van der Waals surface area contributed by atoms with Crippen LogP contribution in [0.25, 0.3) is 0 Å². The lowest BCUT2D eigenvalue weighted by atomic mass is 9.65. The van der Waals surface area contributed by atoms with Crippen LogP contribution in [0.15, 0.2) is 33.8 Å². The predicted octanol–water partition coefficient (Wildman–Crippen LogP) is 3.77. The molecule has 5 nitrogen and oxygen atoms in total. The Bertz CT molecular complexity index is 918. The lowest BCUT2D eigenvalue weighted by Gasteiger charge is -2.39. The van der Waals surface area contributed by atoms with Crippen molar-refractivity contribution in [1.29, 1.82) is 0 Å². The summed E-state index contributed by atoms with van der Waals surface area (Å²) < 4.78 is 0. The number of carbonyl (C=O) groups is 1. The number of likely N-dealkylation sites (tertiary alicyclic amines) is 1. The van der Waals surface area contributed by atoms with Crippen molar-refractivity contribution in [3.8, 4) is 0 Å². The predicted molar refractivity (Wildman–Crippen MR) is 112 cm³/mol. The van der Waals surface area contributed by atoms with Gasteiger partial charge in [0.25, 0.3) is 11.5 Å². The number of nitrogens with one attached hydrogen (secondary N) is 2. The monoisotopic (exact) mass is 399 g/mol. The minimum absolute atomic E-state index is 0.173. The van der Waals surface area contributed by atoms with Gasteiger partial charge in [-0.1, -0.05) is 20.8 Å². The number of amides is 1. The van der Waals surface area contributed by atoms with Crippen molar-refractivity contribution in [3.63, 3.8) is 0 Å². The largest absolute Gasteiger partial charge is 0.348 e. The molecular formula is C22H29N3O2S. The van der Waals surface area contributed by atoms with E-state index >= 15 is 0 Å². The molecule has 6 heteroatoms. The molecule has 2 aromatic rings. The van der Waals surface area contributed by atoms with E-state index in [0.717, 1.165) is 24.3 Å². The van der Waals surface area contributed by atoms with Gasteiger partial charge < -0.3 is 10.3 Å². The summed E-state index contributed by atoms with van der Waals surface area (Å²) in [5.74, 6) is -0.328. The molecule has 150 valence electrons. The number of thiophene rings is 1. The maximum atomic E-state index is 12.5. The second-order valence-electron chi connectivity index (χ2n) is 9.66. The molecule has 0 aromatic carbocycles. The zero-order valence-corrected chi connectivity index (χ0v) is 17.7. The van der Waals surface area contributed by atoms with Crippen molar-refractivity contribution in [3.05, 3.63) is 56.1 Å². The fourth-order valence-electron chi connectivity index (χ4n) is 5.44. The normalized spacial score (nSPS) is 26.3. The van der Waals surface area contributed by atoms with Crippen molar-refractivity contribution in [2.75, 3.05) is 6.54 Å². The van der Waals surface area contributed by atoms with Gasteiger partial charge in [0.2, 0.25) is 0 Å². The first-order valence-electron chi connectivity index (χ1n) is 9.99. The summed E-state index contributed by atoms with van der Waals surface area (Å²) in [5, 5.41) is 6.77. The Labute approximate surface area is 170 Å². The van der Waals surface area contributed by atoms with Crippen LogP contribution in [0.3, 0.4) is 0 Å². The van der Waals surface area contributed by atoms with E-state index < -0.39 is 0 Å². The van der Waals surface area contributed by atoms with E-state index in [1.807, 2.05) is 22.9 Å². The Morgan fingerprint density at radius 3 is 2.82 bits per heavy atom. The molecule has 2 unspecified atom stereocenters. The van der Waals surface area contributed by atoms with Crippen LogP contribution in [-0.4, -0.2) is 28.4 Å². The average molecular weight is 400 g/mol. The van der Waals surface area contributed by atoms with E-state index in [0.29, 0.717) is 23.4 Å². The fraction of sp³-hybridized carbons (Fsp3) is 0.545. The Morgan fingerprint density at radius 1 is 1.29 bits per heavy atom. The average Bonchev–Trinajstić information content (AvgIpc) is 3.18. The number of hydrogen-bond donors (Lipinski definition) is 2. The third-order valence-corrected chi connectivity index (χ3v) is 6.88. The van der Waals surface area contributed by atoms with Gasteiger partial charge in [0.15, 0.2) is 0 Å². The van der Waals surface area contributed by atoms with Crippen LogP contribution < -0.4 is 10.9 Å². The number of nitrogens with zero attached hydrogens (tertiary/aromatic N) is 1. The minimum Gasteiger partial charge on any atom is -0.348 e. The Hall–Kier alpha value is -1.92. The molecule has 1 aliphatic carbocycles. The molecule has 2 aromatic heterocycles. The van der Waals surface area contributed by atoms with Gasteiger partial charge >= 0.3 is 0 Å². The molecular weight excluding hydrogens is 370 g/mol. The third-order valence-electron chi connectivity index (χ3n) is 6.14. The minimum atomic E-state index is -0.328. The summed E-state index contributed by atoms with van der Waals surface area (Å²) in [6.45, 7) is 9.38. The molecule has 28 heavy (non-hydrogen) atoms. The smallest absolute Gasteiger partial charge is 0.261 e. The van der Waals surface area contributed by atoms with E-state index in [1.165, 1.54) is 19.3 Å². The molecule has 2 atom stereocenters. The summed E-state index contributed by atoms with van der Waals surface area (Å²) >= 11 is 1.59. The molecule has 1 saturated heterocycles. The topological polar surface area (TPSA) is 65.2 Å². The number of fused-ring (bicyclic) bond motifs is 2. The maximum Gasteiger partial charge on any atom is 0.261 e. The van der Waals surface area contributed by atoms with E-state index in [-0.39, 0.29) is 17.0 Å². The quantitative estimate of drug-likeness (QED) is 0.804. The van der Waals surface area contributed by atoms with Gasteiger partial charge in [-0.15, -0.1) is 0 Å². The fourth-order valence-corrected chi connectivity index (χ4v) is 6.11. The molecule has 3 heterocycles. The zero-order valence-electron chi connectivity index (χ0n) is 16.9. The lowest BCUT2D eigenvalue weighted by Crippen LogP contribution is -2.35. The molecule has 0 radical (unpaired) electrons. The van der Waals surface area contributed by atoms with Crippen LogP contribution in [0.1, 0.15) is 61.6 Å². The highest BCUT2D eigenvalue weighted by atomic mass is 32.1. The zero-order chi connectivity index (χ0) is 19.9. The van der Waals surface area contributed by atoms with Crippen LogP contribution in [-0.2, 0) is 13.1 Å². The molecule has 4 rings (SSSR count). The number of carbonyl (C=O) groups excluding carboxylic acids is 1. The van der Waals surface area contributed by atoms with E-state index in [2.05, 4.69) is 36.0 Å². The highest BCUT2D eigenvalue weighted by molar-refractivity contribution is 7.07. The van der Waals surface area contributed by atoms with Gasteiger partial charge in [0.1, 0.15) is 5.56 Å². The number of aromatic amines is 1. The SMILES string of the molecule is CC1(C)CC2CC(C)(CN2Cc2ccc(C(=O)NCc3ccsc3)c(=O)[nH]2)C1. The van der Waals surface area contributed by atoms with Gasteiger partial charge in [-0.25, -0.2) is 0 Å². The van der Waals surface area contributed by atoms with Crippen molar-refractivity contribution in [2.45, 2.75) is 59.2 Å². The molecule has 2 aliphatic rings. The van der Waals surface area contributed by atoms with E-state index in [9.17, 15) is 9.59 Å². The van der Waals surface area contributed by atoms with Gasteiger partial charge in [0.05, 0.1) is 0 Å². The first kappa shape index (κ1) is 19.4. The van der Waals surface area contributed by atoms with Crippen molar-refractivity contribution in [2.24, 2.45) is 10.8 Å². The molecule has 2 N–H and O–H groups in total. The van der Waals surface area contributed by atoms with Crippen LogP contribution in [0.4, 0.5) is 0 Å². The summed E-state index contributed by atoms with van der Waals surface area (Å²) in [6, 6.07) is 6.08. The van der Waals surface area contributed by atoms with Crippen molar-refractivity contribution < 1.29 is 4.79 Å². The summed E-state index contributed by atoms with van der Waals surface area (Å²) in [6.07, 6.45) is 3.70. The van der Waals surface area contributed by atoms with Crippen LogP contribution in [0, 0.1) is 10.8 Å². The molecule has 0 spiro atoms. The van der Waals surface area contributed by atoms with E-state index in [4.69, 9.17) is 0 Å². The Kier molecular flexibility index (Phi) is 4.96. The number of aromatic nitrogens is 1. The maximum absolute atomic E-state index is 12.5. The molecule has 1 saturated carbocycles. The highest BCUT2D eigenvalue weighted by Crippen LogP contribution is 2.52. The van der Waals surface area contributed by atoms with E-state index in [1.54, 1.807) is 17.4 Å². The van der Waals surface area contributed by atoms with Gasteiger partial charge in [-0.3, -0.25) is 14.5 Å². The number of H-pyrrole nitrogens is 1. The van der Waals surface area contributed by atoms with Crippen molar-refractivity contribution >= 4 is 17.2 Å². The molecule has 1 aliphatic heterocycles. The first-order valence-corrected chi connectivity index (χ1v) is 10.9. The summed E-state index contributed by atoms with van der Waals surface area (Å²) in [4.78, 5) is 30.3. The number of pyridine rings is 1. The lowest BCUT2D eigenvalue weighted by molar-refractivity contribution is 0.0949. The Morgan fingerprint density at radius 2 is 2.11 bits per heavy atom. The highest BCUT2D eigenvalue weighted by Gasteiger charge is 2.49. The van der Waals surface area contributed by atoms with Gasteiger partial charge in [-0.2, -0.15) is 11.3 Å². The Balaban J connectivity index is 1.42. The summed E-state index contributed by atoms with van der Waals surface area (Å²) in [5.41, 5.74) is 2.54. The summed E-state index contributed by atoms with van der Waals surface area (Å²) in [7, 11) is 0. The van der Waals surface area contributed by atoms with Crippen molar-refractivity contribution in [1.82, 2.24) is 15.2 Å². The first-order chi connectivity index (χ1) is 13.2. The van der Waals surface area contributed by atoms with Gasteiger partial charge in [-0.05, 0) is 64.6 Å².